The minimum Gasteiger partial charge on any atom is -0.369 e. The number of aromatic amines is 1. The number of nitrogens with one attached hydrogen (secondary N) is 1. The van der Waals surface area contributed by atoms with E-state index in [4.69, 9.17) is 0 Å². The molecule has 1 fully saturated rings. The summed E-state index contributed by atoms with van der Waals surface area (Å²) in [6, 6.07) is 32.3. The first-order valence-corrected chi connectivity index (χ1v) is 11.4. The van der Waals surface area contributed by atoms with Crippen molar-refractivity contribution in [3.8, 4) is 11.3 Å². The maximum absolute atomic E-state index is 3.69. The Morgan fingerprint density at radius 1 is 0.688 bits per heavy atom. The number of nitrogens with zero attached hydrogens (tertiary/aromatic N) is 3. The van der Waals surface area contributed by atoms with Crippen LogP contribution in [0.4, 0.5) is 5.69 Å². The molecule has 0 unspecified atom stereocenters. The molecule has 4 heteroatoms. The van der Waals surface area contributed by atoms with Crippen molar-refractivity contribution in [3.05, 3.63) is 103 Å². The lowest BCUT2D eigenvalue weighted by Gasteiger charge is -2.36. The number of hydrogen-bond donors (Lipinski definition) is 0. The summed E-state index contributed by atoms with van der Waals surface area (Å²) in [6.45, 7) is 5.29. The SMILES string of the molecule is c1ccc(-c2[nH+]c3ccccc3n3cc(CN4CCN(c5ccccc5)CC4)cc23)cc1. The van der Waals surface area contributed by atoms with Crippen molar-refractivity contribution >= 4 is 22.2 Å². The van der Waals surface area contributed by atoms with Gasteiger partial charge in [0.15, 0.2) is 0 Å². The zero-order valence-electron chi connectivity index (χ0n) is 18.1. The largest absolute Gasteiger partial charge is 0.369 e. The minimum atomic E-state index is 0.979. The van der Waals surface area contributed by atoms with Crippen molar-refractivity contribution < 1.29 is 4.98 Å². The predicted octanol–water partition coefficient (Wildman–Crippen LogP) is 4.90. The molecule has 0 radical (unpaired) electrons. The van der Waals surface area contributed by atoms with E-state index in [2.05, 4.69) is 116 Å². The quantitative estimate of drug-likeness (QED) is 0.414. The Balaban J connectivity index is 1.31. The molecule has 3 heterocycles. The topological polar surface area (TPSA) is 25.0 Å². The van der Waals surface area contributed by atoms with Gasteiger partial charge in [0.05, 0.1) is 0 Å². The molecule has 0 spiro atoms. The molecule has 2 aromatic heterocycles. The molecule has 0 atom stereocenters. The monoisotopic (exact) mass is 419 g/mol. The summed E-state index contributed by atoms with van der Waals surface area (Å²) >= 11 is 0. The van der Waals surface area contributed by atoms with E-state index in [1.54, 1.807) is 0 Å². The summed E-state index contributed by atoms with van der Waals surface area (Å²) in [7, 11) is 0. The number of rotatable bonds is 4. The van der Waals surface area contributed by atoms with E-state index in [1.807, 2.05) is 0 Å². The summed E-state index contributed by atoms with van der Waals surface area (Å²) in [6.07, 6.45) is 2.32. The predicted molar refractivity (Wildman–Crippen MR) is 131 cm³/mol. The molecule has 0 amide bonds. The Labute approximate surface area is 188 Å². The number of piperazine rings is 1. The number of benzene rings is 3. The summed E-state index contributed by atoms with van der Waals surface area (Å²) in [4.78, 5) is 8.75. The molecule has 158 valence electrons. The lowest BCUT2D eigenvalue weighted by molar-refractivity contribution is -0.330. The van der Waals surface area contributed by atoms with Crippen molar-refractivity contribution in [2.24, 2.45) is 0 Å². The molecular formula is C28H27N4+. The summed E-state index contributed by atoms with van der Waals surface area (Å²) in [5.74, 6) is 0. The molecular weight excluding hydrogens is 392 g/mol. The number of anilines is 1. The van der Waals surface area contributed by atoms with Gasteiger partial charge in [-0.05, 0) is 42.0 Å². The lowest BCUT2D eigenvalue weighted by atomic mass is 10.1. The molecule has 1 aliphatic heterocycles. The van der Waals surface area contributed by atoms with E-state index in [0.717, 1.165) is 38.2 Å². The highest BCUT2D eigenvalue weighted by molar-refractivity contribution is 5.83. The summed E-state index contributed by atoms with van der Waals surface area (Å²) < 4.78 is 2.35. The molecule has 4 nitrogen and oxygen atoms in total. The molecule has 3 aromatic carbocycles. The maximum atomic E-state index is 3.69. The Kier molecular flexibility index (Phi) is 4.85. The second kappa shape index (κ2) is 8.13. The van der Waals surface area contributed by atoms with Crippen LogP contribution in [0.3, 0.4) is 0 Å². The normalized spacial score (nSPS) is 14.9. The second-order valence-electron chi connectivity index (χ2n) is 8.59. The van der Waals surface area contributed by atoms with Crippen LogP contribution < -0.4 is 9.88 Å². The van der Waals surface area contributed by atoms with Gasteiger partial charge < -0.3 is 9.30 Å². The molecule has 5 aromatic rings. The first kappa shape index (κ1) is 19.1. The minimum absolute atomic E-state index is 0.979. The average Bonchev–Trinajstić information content (AvgIpc) is 3.29. The van der Waals surface area contributed by atoms with E-state index in [0.29, 0.717) is 0 Å². The highest BCUT2D eigenvalue weighted by Crippen LogP contribution is 2.26. The third kappa shape index (κ3) is 3.53. The Hall–Kier alpha value is -3.63. The fourth-order valence-electron chi connectivity index (χ4n) is 4.87. The molecule has 0 bridgehead atoms. The van der Waals surface area contributed by atoms with Gasteiger partial charge in [0.25, 0.3) is 0 Å². The van der Waals surface area contributed by atoms with Crippen molar-refractivity contribution in [2.45, 2.75) is 6.54 Å². The van der Waals surface area contributed by atoms with Crippen molar-refractivity contribution in [1.82, 2.24) is 9.30 Å². The zero-order valence-corrected chi connectivity index (χ0v) is 18.1. The number of aromatic nitrogens is 2. The summed E-state index contributed by atoms with van der Waals surface area (Å²) in [5, 5.41) is 0. The van der Waals surface area contributed by atoms with Gasteiger partial charge in [0.2, 0.25) is 11.2 Å². The van der Waals surface area contributed by atoms with E-state index < -0.39 is 0 Å². The van der Waals surface area contributed by atoms with Gasteiger partial charge in [-0.15, -0.1) is 0 Å². The fourth-order valence-corrected chi connectivity index (χ4v) is 4.87. The van der Waals surface area contributed by atoms with Crippen molar-refractivity contribution in [3.63, 3.8) is 0 Å². The smallest absolute Gasteiger partial charge is 0.235 e. The van der Waals surface area contributed by atoms with E-state index in [1.165, 1.54) is 33.5 Å². The van der Waals surface area contributed by atoms with E-state index in [9.17, 15) is 0 Å². The molecule has 6 rings (SSSR count). The molecule has 32 heavy (non-hydrogen) atoms. The average molecular weight is 420 g/mol. The maximum Gasteiger partial charge on any atom is 0.235 e. The van der Waals surface area contributed by atoms with Crippen LogP contribution in [0.15, 0.2) is 97.2 Å². The third-order valence-electron chi connectivity index (χ3n) is 6.52. The van der Waals surface area contributed by atoms with Crippen LogP contribution in [-0.4, -0.2) is 35.5 Å². The Morgan fingerprint density at radius 3 is 2.16 bits per heavy atom. The highest BCUT2D eigenvalue weighted by atomic mass is 15.3. The van der Waals surface area contributed by atoms with Crippen LogP contribution in [0.1, 0.15) is 5.56 Å². The standard InChI is InChI=1S/C28H26N4/c1-3-9-23(10-4-1)28-27-19-22(21-32(27)26-14-8-7-13-25(26)29-28)20-30-15-17-31(18-16-30)24-11-5-2-6-12-24/h1-14,19,21H,15-18,20H2/p+1. The van der Waals surface area contributed by atoms with Gasteiger partial charge in [-0.25, -0.2) is 4.98 Å². The van der Waals surface area contributed by atoms with E-state index >= 15 is 0 Å². The van der Waals surface area contributed by atoms with Crippen LogP contribution in [0, 0.1) is 0 Å². The number of hydrogen-bond acceptors (Lipinski definition) is 2. The van der Waals surface area contributed by atoms with Crippen molar-refractivity contribution in [1.29, 1.82) is 0 Å². The van der Waals surface area contributed by atoms with Crippen LogP contribution >= 0.6 is 0 Å². The molecule has 1 N–H and O–H groups in total. The fraction of sp³-hybridized carbons (Fsp3) is 0.179. The number of fused-ring (bicyclic) bond motifs is 3. The molecule has 1 saturated heterocycles. The second-order valence-corrected chi connectivity index (χ2v) is 8.59. The van der Waals surface area contributed by atoms with Crippen LogP contribution in [0.5, 0.6) is 0 Å². The van der Waals surface area contributed by atoms with Gasteiger partial charge in [-0.3, -0.25) is 4.90 Å². The number of H-pyrrole nitrogens is 1. The van der Waals surface area contributed by atoms with Crippen molar-refractivity contribution in [2.75, 3.05) is 31.1 Å². The highest BCUT2D eigenvalue weighted by Gasteiger charge is 2.20. The molecule has 0 saturated carbocycles. The number of para-hydroxylation sites is 3. The lowest BCUT2D eigenvalue weighted by Crippen LogP contribution is -2.45. The van der Waals surface area contributed by atoms with Crippen LogP contribution in [0.2, 0.25) is 0 Å². The third-order valence-corrected chi connectivity index (χ3v) is 6.52. The molecule has 0 aliphatic carbocycles. The van der Waals surface area contributed by atoms with Crippen LogP contribution in [0.25, 0.3) is 27.8 Å². The van der Waals surface area contributed by atoms with Crippen LogP contribution in [-0.2, 0) is 6.54 Å². The van der Waals surface area contributed by atoms with Gasteiger partial charge in [-0.2, -0.15) is 0 Å². The van der Waals surface area contributed by atoms with Gasteiger partial charge in [0.1, 0.15) is 11.0 Å². The first-order valence-electron chi connectivity index (χ1n) is 11.4. The van der Waals surface area contributed by atoms with Gasteiger partial charge >= 0.3 is 0 Å². The van der Waals surface area contributed by atoms with E-state index in [-0.39, 0.29) is 0 Å². The zero-order chi connectivity index (χ0) is 21.3. The first-order chi connectivity index (χ1) is 15.8. The Bertz CT molecular complexity index is 1350. The van der Waals surface area contributed by atoms with Gasteiger partial charge in [0, 0.05) is 56.2 Å². The Morgan fingerprint density at radius 2 is 1.38 bits per heavy atom. The van der Waals surface area contributed by atoms with Gasteiger partial charge in [-0.1, -0.05) is 48.5 Å². The summed E-state index contributed by atoms with van der Waals surface area (Å²) in [5.41, 5.74) is 8.66. The molecule has 1 aliphatic rings.